The second kappa shape index (κ2) is 6.07. The van der Waals surface area contributed by atoms with E-state index in [1.807, 2.05) is 31.2 Å². The van der Waals surface area contributed by atoms with Crippen LogP contribution >= 0.6 is 12.2 Å². The molecule has 0 spiro atoms. The summed E-state index contributed by atoms with van der Waals surface area (Å²) in [5.41, 5.74) is 4.57. The summed E-state index contributed by atoms with van der Waals surface area (Å²) < 4.78 is 5.14. The molecule has 0 amide bonds. The minimum Gasteiger partial charge on any atom is -0.497 e. The summed E-state index contributed by atoms with van der Waals surface area (Å²) in [7, 11) is 3.38. The summed E-state index contributed by atoms with van der Waals surface area (Å²) in [4.78, 5) is 0. The number of hydrazone groups is 1. The Hall–Kier alpha value is -1.62. The van der Waals surface area contributed by atoms with Crippen molar-refractivity contribution >= 4 is 23.0 Å². The van der Waals surface area contributed by atoms with Crippen LogP contribution < -0.4 is 15.5 Å². The number of thiocarbonyl (C=S) groups is 1. The molecule has 5 heteroatoms. The van der Waals surface area contributed by atoms with E-state index in [0.717, 1.165) is 17.0 Å². The van der Waals surface area contributed by atoms with Gasteiger partial charge in [-0.1, -0.05) is 12.1 Å². The summed E-state index contributed by atoms with van der Waals surface area (Å²) >= 11 is 4.92. The van der Waals surface area contributed by atoms with Crippen molar-refractivity contribution in [2.45, 2.75) is 6.92 Å². The third kappa shape index (κ3) is 3.51. The number of methoxy groups -OCH3 is 1. The molecule has 2 N–H and O–H groups in total. The lowest BCUT2D eigenvalue weighted by Gasteiger charge is -2.05. The van der Waals surface area contributed by atoms with Gasteiger partial charge in [-0.25, -0.2) is 0 Å². The lowest BCUT2D eigenvalue weighted by Crippen LogP contribution is -2.29. The fourth-order valence-electron chi connectivity index (χ4n) is 1.10. The molecule has 1 aromatic rings. The summed E-state index contributed by atoms with van der Waals surface area (Å²) in [5.74, 6) is 0.809. The molecule has 0 radical (unpaired) electrons. The maximum Gasteiger partial charge on any atom is 0.186 e. The lowest BCUT2D eigenvalue weighted by molar-refractivity contribution is 0.414. The molecule has 0 unspecified atom stereocenters. The number of rotatable bonds is 3. The Morgan fingerprint density at radius 1 is 1.44 bits per heavy atom. The van der Waals surface area contributed by atoms with Crippen molar-refractivity contribution in [1.82, 2.24) is 10.7 Å². The molecule has 0 fully saturated rings. The van der Waals surface area contributed by atoms with Gasteiger partial charge in [0.05, 0.1) is 12.8 Å². The molecule has 1 aromatic carbocycles. The molecular formula is C11H15N3OS. The van der Waals surface area contributed by atoms with Gasteiger partial charge in [-0.2, -0.15) is 5.10 Å². The second-order valence-electron chi connectivity index (χ2n) is 3.12. The third-order valence-corrected chi connectivity index (χ3v) is 2.34. The maximum absolute atomic E-state index is 5.14. The van der Waals surface area contributed by atoms with Crippen molar-refractivity contribution < 1.29 is 4.74 Å². The third-order valence-electron chi connectivity index (χ3n) is 2.04. The highest BCUT2D eigenvalue weighted by molar-refractivity contribution is 7.80. The van der Waals surface area contributed by atoms with Gasteiger partial charge in [-0.3, -0.25) is 5.43 Å². The van der Waals surface area contributed by atoms with Crippen LogP contribution in [0.2, 0.25) is 0 Å². The van der Waals surface area contributed by atoms with Gasteiger partial charge in [-0.15, -0.1) is 0 Å². The molecule has 1 rings (SSSR count). The lowest BCUT2D eigenvalue weighted by atomic mass is 10.1. The number of hydrogen-bond acceptors (Lipinski definition) is 3. The number of nitrogens with one attached hydrogen (secondary N) is 2. The van der Waals surface area contributed by atoms with Crippen LogP contribution in [0.25, 0.3) is 0 Å². The van der Waals surface area contributed by atoms with Gasteiger partial charge in [0.1, 0.15) is 5.75 Å². The number of benzene rings is 1. The van der Waals surface area contributed by atoms with E-state index in [0.29, 0.717) is 5.11 Å². The molecule has 0 saturated carbocycles. The monoisotopic (exact) mass is 237 g/mol. The van der Waals surface area contributed by atoms with Gasteiger partial charge in [0.15, 0.2) is 5.11 Å². The molecular weight excluding hydrogens is 222 g/mol. The standard InChI is InChI=1S/C11H15N3OS/c1-8(13-14-11(16)12-2)9-5-4-6-10(7-9)15-3/h4-7H,1-3H3,(H2,12,14,16)/b13-8-. The van der Waals surface area contributed by atoms with Gasteiger partial charge in [0, 0.05) is 12.6 Å². The summed E-state index contributed by atoms with van der Waals surface area (Å²) in [6.07, 6.45) is 0. The predicted octanol–water partition coefficient (Wildman–Crippen LogP) is 1.51. The van der Waals surface area contributed by atoms with Crippen LogP contribution in [0.4, 0.5) is 0 Å². The minimum atomic E-state index is 0.488. The van der Waals surface area contributed by atoms with E-state index in [-0.39, 0.29) is 0 Å². The molecule has 0 saturated heterocycles. The SMILES string of the molecule is CNC(=S)N/N=C(/C)c1cccc(OC)c1. The topological polar surface area (TPSA) is 45.7 Å². The van der Waals surface area contributed by atoms with Gasteiger partial charge < -0.3 is 10.1 Å². The average molecular weight is 237 g/mol. The minimum absolute atomic E-state index is 0.488. The largest absolute Gasteiger partial charge is 0.497 e. The Bertz CT molecular complexity index is 404. The zero-order valence-electron chi connectivity index (χ0n) is 9.57. The van der Waals surface area contributed by atoms with E-state index in [9.17, 15) is 0 Å². The Morgan fingerprint density at radius 3 is 2.81 bits per heavy atom. The fourth-order valence-corrected chi connectivity index (χ4v) is 1.15. The van der Waals surface area contributed by atoms with Gasteiger partial charge in [0.25, 0.3) is 0 Å². The van der Waals surface area contributed by atoms with Crippen LogP contribution in [0.1, 0.15) is 12.5 Å². The Kier molecular flexibility index (Phi) is 4.72. The van der Waals surface area contributed by atoms with Gasteiger partial charge in [0.2, 0.25) is 0 Å². The molecule has 0 aliphatic carbocycles. The predicted molar refractivity (Wildman–Crippen MR) is 70.0 cm³/mol. The normalized spacial score (nSPS) is 10.8. The maximum atomic E-state index is 5.14. The highest BCUT2D eigenvalue weighted by atomic mass is 32.1. The van der Waals surface area contributed by atoms with Crippen LogP contribution in [-0.4, -0.2) is 25.0 Å². The number of nitrogens with zero attached hydrogens (tertiary/aromatic N) is 1. The molecule has 0 aromatic heterocycles. The van der Waals surface area contributed by atoms with Gasteiger partial charge in [-0.05, 0) is 31.3 Å². The van der Waals surface area contributed by atoms with Crippen molar-refractivity contribution in [1.29, 1.82) is 0 Å². The summed E-state index contributed by atoms with van der Waals surface area (Å²) in [6, 6.07) is 7.69. The van der Waals surface area contributed by atoms with E-state index in [4.69, 9.17) is 17.0 Å². The average Bonchev–Trinajstić information content (AvgIpc) is 2.35. The Balaban J connectivity index is 2.78. The first-order valence-electron chi connectivity index (χ1n) is 4.84. The first-order valence-corrected chi connectivity index (χ1v) is 5.24. The van der Waals surface area contributed by atoms with Crippen LogP contribution in [0.5, 0.6) is 5.75 Å². The fraction of sp³-hybridized carbons (Fsp3) is 0.273. The molecule has 0 atom stereocenters. The smallest absolute Gasteiger partial charge is 0.186 e. The van der Waals surface area contributed by atoms with Crippen LogP contribution in [0, 0.1) is 0 Å². The van der Waals surface area contributed by atoms with Crippen molar-refractivity contribution in [2.75, 3.05) is 14.2 Å². The van der Waals surface area contributed by atoms with Crippen LogP contribution in [-0.2, 0) is 0 Å². The highest BCUT2D eigenvalue weighted by Gasteiger charge is 1.99. The van der Waals surface area contributed by atoms with Crippen molar-refractivity contribution in [3.63, 3.8) is 0 Å². The molecule has 0 bridgehead atoms. The first kappa shape index (κ1) is 12.4. The molecule has 16 heavy (non-hydrogen) atoms. The Morgan fingerprint density at radius 2 is 2.19 bits per heavy atom. The summed E-state index contributed by atoms with van der Waals surface area (Å²) in [6.45, 7) is 1.90. The molecule has 0 heterocycles. The van der Waals surface area contributed by atoms with Crippen molar-refractivity contribution in [3.05, 3.63) is 29.8 Å². The van der Waals surface area contributed by atoms with Gasteiger partial charge >= 0.3 is 0 Å². The van der Waals surface area contributed by atoms with E-state index in [1.165, 1.54) is 0 Å². The second-order valence-corrected chi connectivity index (χ2v) is 3.53. The number of hydrogen-bond donors (Lipinski definition) is 2. The molecule has 86 valence electrons. The number of ether oxygens (including phenoxy) is 1. The van der Waals surface area contributed by atoms with Crippen LogP contribution in [0.15, 0.2) is 29.4 Å². The van der Waals surface area contributed by atoms with E-state index < -0.39 is 0 Å². The molecule has 0 aliphatic rings. The van der Waals surface area contributed by atoms with Crippen molar-refractivity contribution in [3.8, 4) is 5.75 Å². The zero-order valence-corrected chi connectivity index (χ0v) is 10.4. The first-order chi connectivity index (χ1) is 7.67. The zero-order chi connectivity index (χ0) is 12.0. The Labute approximate surface area is 101 Å². The van der Waals surface area contributed by atoms with E-state index >= 15 is 0 Å². The molecule has 0 aliphatic heterocycles. The summed E-state index contributed by atoms with van der Waals surface area (Å²) in [5, 5.41) is 7.42. The van der Waals surface area contributed by atoms with E-state index in [2.05, 4.69) is 15.8 Å². The quantitative estimate of drug-likeness (QED) is 0.475. The highest BCUT2D eigenvalue weighted by Crippen LogP contribution is 2.12. The van der Waals surface area contributed by atoms with Crippen molar-refractivity contribution in [2.24, 2.45) is 5.10 Å². The molecule has 4 nitrogen and oxygen atoms in total. The van der Waals surface area contributed by atoms with E-state index in [1.54, 1.807) is 14.2 Å². The van der Waals surface area contributed by atoms with Crippen LogP contribution in [0.3, 0.4) is 0 Å².